The highest BCUT2D eigenvalue weighted by molar-refractivity contribution is 5.88. The molecule has 1 fully saturated rings. The molecule has 1 aromatic rings. The molecule has 1 aliphatic heterocycles. The Morgan fingerprint density at radius 2 is 1.96 bits per heavy atom. The molecule has 1 aliphatic carbocycles. The van der Waals surface area contributed by atoms with E-state index >= 15 is 0 Å². The summed E-state index contributed by atoms with van der Waals surface area (Å²) in [5, 5.41) is 11.2. The normalized spacial score (nSPS) is 17.2. The van der Waals surface area contributed by atoms with Gasteiger partial charge >= 0.3 is 5.97 Å². The van der Waals surface area contributed by atoms with E-state index in [0.29, 0.717) is 24.0 Å². The average molecular weight is 333 g/mol. The van der Waals surface area contributed by atoms with Gasteiger partial charge in [-0.3, -0.25) is 10.1 Å². The first-order chi connectivity index (χ1) is 11.6. The van der Waals surface area contributed by atoms with Gasteiger partial charge < -0.3 is 14.2 Å². The van der Waals surface area contributed by atoms with E-state index in [-0.39, 0.29) is 18.0 Å². The summed E-state index contributed by atoms with van der Waals surface area (Å²) in [5.74, 6) is 0.693. The van der Waals surface area contributed by atoms with Crippen LogP contribution in [0.3, 0.4) is 0 Å². The maximum Gasteiger partial charge on any atom is 0.330 e. The number of benzene rings is 1. The van der Waals surface area contributed by atoms with Gasteiger partial charge in [0.1, 0.15) is 0 Å². The fraction of sp³-hybridized carbons (Fsp3) is 0.471. The fourth-order valence-corrected chi connectivity index (χ4v) is 3.00. The Morgan fingerprint density at radius 1 is 1.25 bits per heavy atom. The van der Waals surface area contributed by atoms with Gasteiger partial charge in [0, 0.05) is 6.08 Å². The zero-order chi connectivity index (χ0) is 16.9. The zero-order valence-corrected chi connectivity index (χ0v) is 13.2. The Balaban J connectivity index is 1.64. The Bertz CT molecular complexity index is 663. The molecule has 1 heterocycles. The number of fused-ring (bicyclic) bond motifs is 1. The van der Waals surface area contributed by atoms with Crippen LogP contribution in [0.4, 0.5) is 5.69 Å². The SMILES string of the molecule is O=C(/C=C/c1cc2c(cc1[N+](=O)[O-])OCO2)OCC1CCCCC1. The van der Waals surface area contributed by atoms with E-state index in [1.807, 2.05) is 0 Å². The number of hydrogen-bond donors (Lipinski definition) is 0. The van der Waals surface area contributed by atoms with Gasteiger partial charge in [-0.2, -0.15) is 0 Å². The van der Waals surface area contributed by atoms with E-state index in [2.05, 4.69) is 0 Å². The van der Waals surface area contributed by atoms with Crippen LogP contribution < -0.4 is 9.47 Å². The molecule has 128 valence electrons. The van der Waals surface area contributed by atoms with Gasteiger partial charge in [0.25, 0.3) is 5.69 Å². The van der Waals surface area contributed by atoms with Gasteiger partial charge in [-0.15, -0.1) is 0 Å². The number of rotatable bonds is 5. The molecule has 1 saturated carbocycles. The summed E-state index contributed by atoms with van der Waals surface area (Å²) in [6, 6.07) is 2.79. The van der Waals surface area contributed by atoms with Gasteiger partial charge in [-0.1, -0.05) is 19.3 Å². The number of ether oxygens (including phenoxy) is 3. The smallest absolute Gasteiger partial charge is 0.330 e. The van der Waals surface area contributed by atoms with Gasteiger partial charge in [0.15, 0.2) is 11.5 Å². The first-order valence-corrected chi connectivity index (χ1v) is 8.06. The highest BCUT2D eigenvalue weighted by atomic mass is 16.7. The number of nitro groups is 1. The van der Waals surface area contributed by atoms with Crippen LogP contribution in [0.1, 0.15) is 37.7 Å². The van der Waals surface area contributed by atoms with Crippen molar-refractivity contribution >= 4 is 17.7 Å². The average Bonchev–Trinajstić information content (AvgIpc) is 3.05. The lowest BCUT2D eigenvalue weighted by Gasteiger charge is -2.20. The Kier molecular flexibility index (Phi) is 4.98. The Morgan fingerprint density at radius 3 is 2.67 bits per heavy atom. The van der Waals surface area contributed by atoms with Crippen molar-refractivity contribution in [3.8, 4) is 11.5 Å². The van der Waals surface area contributed by atoms with Gasteiger partial charge in [0.2, 0.25) is 6.79 Å². The lowest BCUT2D eigenvalue weighted by atomic mass is 9.90. The first-order valence-electron chi connectivity index (χ1n) is 8.06. The lowest BCUT2D eigenvalue weighted by molar-refractivity contribution is -0.385. The van der Waals surface area contributed by atoms with Crippen molar-refractivity contribution in [1.29, 1.82) is 0 Å². The molecule has 0 bridgehead atoms. The third-order valence-corrected chi connectivity index (χ3v) is 4.30. The molecule has 2 aliphatic rings. The molecule has 0 N–H and O–H groups in total. The van der Waals surface area contributed by atoms with Crippen molar-refractivity contribution in [2.45, 2.75) is 32.1 Å². The van der Waals surface area contributed by atoms with Crippen LogP contribution in [0, 0.1) is 16.0 Å². The topological polar surface area (TPSA) is 87.9 Å². The minimum Gasteiger partial charge on any atom is -0.462 e. The molecule has 0 unspecified atom stereocenters. The fourth-order valence-electron chi connectivity index (χ4n) is 3.00. The number of nitro benzene ring substituents is 1. The molecule has 3 rings (SSSR count). The number of nitrogens with zero attached hydrogens (tertiary/aromatic N) is 1. The van der Waals surface area contributed by atoms with Crippen molar-refractivity contribution in [3.63, 3.8) is 0 Å². The van der Waals surface area contributed by atoms with Crippen LogP contribution >= 0.6 is 0 Å². The number of esters is 1. The molecular formula is C17H19NO6. The molecule has 1 aromatic carbocycles. The summed E-state index contributed by atoms with van der Waals surface area (Å²) >= 11 is 0. The first kappa shape index (κ1) is 16.3. The summed E-state index contributed by atoms with van der Waals surface area (Å²) < 4.78 is 15.6. The van der Waals surface area contributed by atoms with E-state index in [1.54, 1.807) is 0 Å². The van der Waals surface area contributed by atoms with Crippen molar-refractivity contribution in [1.82, 2.24) is 0 Å². The van der Waals surface area contributed by atoms with E-state index < -0.39 is 10.9 Å². The molecule has 0 spiro atoms. The summed E-state index contributed by atoms with van der Waals surface area (Å²) in [4.78, 5) is 22.5. The van der Waals surface area contributed by atoms with Crippen LogP contribution in [0.2, 0.25) is 0 Å². The molecule has 7 nitrogen and oxygen atoms in total. The summed E-state index contributed by atoms with van der Waals surface area (Å²) in [7, 11) is 0. The lowest BCUT2D eigenvalue weighted by Crippen LogP contribution is -2.15. The van der Waals surface area contributed by atoms with Gasteiger partial charge in [0.05, 0.1) is 23.2 Å². The zero-order valence-electron chi connectivity index (χ0n) is 13.2. The van der Waals surface area contributed by atoms with Crippen LogP contribution in [-0.2, 0) is 9.53 Å². The van der Waals surface area contributed by atoms with E-state index in [1.165, 1.54) is 43.5 Å². The van der Waals surface area contributed by atoms with Gasteiger partial charge in [-0.05, 0) is 30.9 Å². The largest absolute Gasteiger partial charge is 0.462 e. The summed E-state index contributed by atoms with van der Waals surface area (Å²) in [6.45, 7) is 0.440. The molecule has 24 heavy (non-hydrogen) atoms. The van der Waals surface area contributed by atoms with Crippen LogP contribution in [0.5, 0.6) is 11.5 Å². The van der Waals surface area contributed by atoms with Gasteiger partial charge in [-0.25, -0.2) is 4.79 Å². The third kappa shape index (κ3) is 3.84. The molecular weight excluding hydrogens is 314 g/mol. The summed E-state index contributed by atoms with van der Waals surface area (Å²) in [5.41, 5.74) is 0.134. The standard InChI is InChI=1S/C17H19NO6/c19-17(22-10-12-4-2-1-3-5-12)7-6-13-8-15-16(24-11-23-15)9-14(13)18(20)21/h6-9,12H,1-5,10-11H2/b7-6+. The van der Waals surface area contributed by atoms with Crippen LogP contribution in [0.15, 0.2) is 18.2 Å². The molecule has 0 saturated heterocycles. The predicted octanol–water partition coefficient (Wildman–Crippen LogP) is 3.46. The van der Waals surface area contributed by atoms with Crippen molar-refractivity contribution in [3.05, 3.63) is 33.9 Å². The van der Waals surface area contributed by atoms with E-state index in [9.17, 15) is 14.9 Å². The van der Waals surface area contributed by atoms with Crippen LogP contribution in [-0.4, -0.2) is 24.3 Å². The van der Waals surface area contributed by atoms with E-state index in [0.717, 1.165) is 12.8 Å². The van der Waals surface area contributed by atoms with Crippen molar-refractivity contribution in [2.24, 2.45) is 5.92 Å². The molecule has 7 heteroatoms. The third-order valence-electron chi connectivity index (χ3n) is 4.30. The molecule has 0 atom stereocenters. The van der Waals surface area contributed by atoms with E-state index in [4.69, 9.17) is 14.2 Å². The highest BCUT2D eigenvalue weighted by Gasteiger charge is 2.22. The van der Waals surface area contributed by atoms with Crippen molar-refractivity contribution < 1.29 is 23.9 Å². The predicted molar refractivity (Wildman–Crippen MR) is 85.8 cm³/mol. The second kappa shape index (κ2) is 7.33. The minimum absolute atomic E-state index is 0.0308. The summed E-state index contributed by atoms with van der Waals surface area (Å²) in [6.07, 6.45) is 8.38. The quantitative estimate of drug-likeness (QED) is 0.355. The molecule has 0 amide bonds. The molecule has 0 aromatic heterocycles. The maximum atomic E-state index is 11.8. The van der Waals surface area contributed by atoms with Crippen LogP contribution in [0.25, 0.3) is 6.08 Å². The Labute approximate surface area is 139 Å². The number of carbonyl (C=O) groups excluding carboxylic acids is 1. The van der Waals surface area contributed by atoms with Crippen molar-refractivity contribution in [2.75, 3.05) is 13.4 Å². The number of hydrogen-bond acceptors (Lipinski definition) is 6. The highest BCUT2D eigenvalue weighted by Crippen LogP contribution is 2.38. The monoisotopic (exact) mass is 333 g/mol. The Hall–Kier alpha value is -2.57. The minimum atomic E-state index is -0.519. The number of carbonyl (C=O) groups is 1. The maximum absolute atomic E-state index is 11.8. The molecule has 0 radical (unpaired) electrons. The second-order valence-corrected chi connectivity index (χ2v) is 5.99. The second-order valence-electron chi connectivity index (χ2n) is 5.99.